The van der Waals surface area contributed by atoms with Gasteiger partial charge >= 0.3 is 0 Å². The molecule has 2 aromatic heterocycles. The summed E-state index contributed by atoms with van der Waals surface area (Å²) in [4.78, 5) is 8.43. The molecule has 0 unspecified atom stereocenters. The summed E-state index contributed by atoms with van der Waals surface area (Å²) in [5, 5.41) is 11.8. The number of hydrogen-bond donors (Lipinski definition) is 2. The number of aromatic nitrogens is 4. The quantitative estimate of drug-likeness (QED) is 0.748. The van der Waals surface area contributed by atoms with E-state index in [1.54, 1.807) is 17.2 Å². The van der Waals surface area contributed by atoms with Crippen molar-refractivity contribution >= 4 is 16.9 Å². The van der Waals surface area contributed by atoms with Gasteiger partial charge in [0, 0.05) is 26.2 Å². The summed E-state index contributed by atoms with van der Waals surface area (Å²) in [5.41, 5.74) is 0.847. The van der Waals surface area contributed by atoms with Gasteiger partial charge in [0.2, 0.25) is 0 Å². The van der Waals surface area contributed by atoms with Crippen molar-refractivity contribution in [3.05, 3.63) is 12.5 Å². The van der Waals surface area contributed by atoms with Crippen LogP contribution in [0.25, 0.3) is 11.0 Å². The van der Waals surface area contributed by atoms with E-state index in [9.17, 15) is 0 Å². The van der Waals surface area contributed by atoms with Crippen LogP contribution in [0, 0.1) is 0 Å². The van der Waals surface area contributed by atoms with Gasteiger partial charge in [-0.2, -0.15) is 5.10 Å². The SMILES string of the molecule is CC(C)NCCNc1ncnc2c1cnn2C. The maximum absolute atomic E-state index is 4.23. The maximum Gasteiger partial charge on any atom is 0.163 e. The second-order valence-corrected chi connectivity index (χ2v) is 4.26. The lowest BCUT2D eigenvalue weighted by Gasteiger charge is -2.09. The molecular weight excluding hydrogens is 216 g/mol. The molecule has 0 bridgehead atoms. The lowest BCUT2D eigenvalue weighted by atomic mass is 10.3. The van der Waals surface area contributed by atoms with E-state index in [4.69, 9.17) is 0 Å². The van der Waals surface area contributed by atoms with Crippen molar-refractivity contribution in [3.63, 3.8) is 0 Å². The van der Waals surface area contributed by atoms with Gasteiger partial charge in [0.25, 0.3) is 0 Å². The molecule has 6 nitrogen and oxygen atoms in total. The monoisotopic (exact) mass is 234 g/mol. The van der Waals surface area contributed by atoms with E-state index in [0.717, 1.165) is 29.9 Å². The Balaban J connectivity index is 2.03. The first-order chi connectivity index (χ1) is 8.18. The molecule has 92 valence electrons. The molecule has 0 fully saturated rings. The topological polar surface area (TPSA) is 67.7 Å². The molecule has 0 saturated carbocycles. The number of nitrogens with zero attached hydrogens (tertiary/aromatic N) is 4. The summed E-state index contributed by atoms with van der Waals surface area (Å²) in [6.07, 6.45) is 3.34. The van der Waals surface area contributed by atoms with E-state index < -0.39 is 0 Å². The minimum atomic E-state index is 0.501. The van der Waals surface area contributed by atoms with Crippen LogP contribution in [0.3, 0.4) is 0 Å². The Kier molecular flexibility index (Phi) is 3.53. The van der Waals surface area contributed by atoms with Crippen LogP contribution in [0.2, 0.25) is 0 Å². The van der Waals surface area contributed by atoms with Gasteiger partial charge in [-0.05, 0) is 0 Å². The molecule has 0 aliphatic rings. The Morgan fingerprint density at radius 1 is 1.29 bits per heavy atom. The van der Waals surface area contributed by atoms with Crippen LogP contribution in [0.15, 0.2) is 12.5 Å². The molecule has 0 saturated heterocycles. The van der Waals surface area contributed by atoms with Crippen LogP contribution in [0.5, 0.6) is 0 Å². The van der Waals surface area contributed by atoms with Crippen LogP contribution < -0.4 is 10.6 Å². The second-order valence-electron chi connectivity index (χ2n) is 4.26. The van der Waals surface area contributed by atoms with Gasteiger partial charge in [-0.15, -0.1) is 0 Å². The third kappa shape index (κ3) is 2.71. The molecule has 2 rings (SSSR count). The molecule has 0 aliphatic heterocycles. The van der Waals surface area contributed by atoms with Crippen molar-refractivity contribution in [2.45, 2.75) is 19.9 Å². The minimum absolute atomic E-state index is 0.501. The predicted molar refractivity (Wildman–Crippen MR) is 67.9 cm³/mol. The standard InChI is InChI=1S/C11H18N6/c1-8(2)12-4-5-13-10-9-6-16-17(3)11(9)15-7-14-10/h6-8,12H,4-5H2,1-3H3,(H,13,14,15). The van der Waals surface area contributed by atoms with Crippen LogP contribution in [0.1, 0.15) is 13.8 Å². The van der Waals surface area contributed by atoms with Crippen molar-refractivity contribution < 1.29 is 0 Å². The zero-order valence-corrected chi connectivity index (χ0v) is 10.4. The highest BCUT2D eigenvalue weighted by Crippen LogP contribution is 2.16. The molecule has 0 radical (unpaired) electrons. The van der Waals surface area contributed by atoms with E-state index in [1.165, 1.54) is 0 Å². The minimum Gasteiger partial charge on any atom is -0.368 e. The van der Waals surface area contributed by atoms with E-state index in [2.05, 4.69) is 39.5 Å². The van der Waals surface area contributed by atoms with Gasteiger partial charge in [-0.1, -0.05) is 13.8 Å². The second kappa shape index (κ2) is 5.09. The first-order valence-corrected chi connectivity index (χ1v) is 5.78. The third-order valence-electron chi connectivity index (χ3n) is 2.50. The molecule has 2 heterocycles. The average Bonchev–Trinajstić information content (AvgIpc) is 2.67. The molecule has 2 aromatic rings. The molecule has 6 heteroatoms. The highest BCUT2D eigenvalue weighted by atomic mass is 15.3. The van der Waals surface area contributed by atoms with Crippen molar-refractivity contribution in [2.75, 3.05) is 18.4 Å². The number of hydrogen-bond acceptors (Lipinski definition) is 5. The fraction of sp³-hybridized carbons (Fsp3) is 0.545. The summed E-state index contributed by atoms with van der Waals surface area (Å²) in [7, 11) is 1.87. The fourth-order valence-electron chi connectivity index (χ4n) is 1.64. The summed E-state index contributed by atoms with van der Waals surface area (Å²) in [6.45, 7) is 6.00. The molecule has 0 aliphatic carbocycles. The summed E-state index contributed by atoms with van der Waals surface area (Å²) >= 11 is 0. The molecule has 2 N–H and O–H groups in total. The van der Waals surface area contributed by atoms with Crippen LogP contribution >= 0.6 is 0 Å². The first kappa shape index (κ1) is 11.8. The molecular formula is C11H18N6. The molecule has 0 spiro atoms. The number of rotatable bonds is 5. The Bertz CT molecular complexity index is 490. The normalized spacial score (nSPS) is 11.3. The van der Waals surface area contributed by atoms with Crippen LogP contribution in [-0.2, 0) is 7.05 Å². The Labute approximate surface area is 100 Å². The summed E-state index contributed by atoms with van der Waals surface area (Å²) < 4.78 is 1.74. The van der Waals surface area contributed by atoms with Gasteiger partial charge in [0.15, 0.2) is 5.65 Å². The number of fused-ring (bicyclic) bond motifs is 1. The number of aryl methyl sites for hydroxylation is 1. The Hall–Kier alpha value is -1.69. The first-order valence-electron chi connectivity index (χ1n) is 5.78. The van der Waals surface area contributed by atoms with Gasteiger partial charge in [0.05, 0.1) is 11.6 Å². The lowest BCUT2D eigenvalue weighted by molar-refractivity contribution is 0.602. The van der Waals surface area contributed by atoms with E-state index >= 15 is 0 Å². The zero-order chi connectivity index (χ0) is 12.3. The largest absolute Gasteiger partial charge is 0.368 e. The summed E-state index contributed by atoms with van der Waals surface area (Å²) in [5.74, 6) is 0.841. The van der Waals surface area contributed by atoms with Crippen molar-refractivity contribution in [1.29, 1.82) is 0 Å². The van der Waals surface area contributed by atoms with E-state index in [0.29, 0.717) is 6.04 Å². The van der Waals surface area contributed by atoms with Crippen molar-refractivity contribution in [3.8, 4) is 0 Å². The van der Waals surface area contributed by atoms with Gasteiger partial charge in [-0.25, -0.2) is 9.97 Å². The van der Waals surface area contributed by atoms with Gasteiger partial charge in [0.1, 0.15) is 12.1 Å². The Morgan fingerprint density at radius 2 is 2.12 bits per heavy atom. The summed E-state index contributed by atoms with van der Waals surface area (Å²) in [6, 6.07) is 0.501. The van der Waals surface area contributed by atoms with Gasteiger partial charge < -0.3 is 10.6 Å². The van der Waals surface area contributed by atoms with Crippen molar-refractivity contribution in [2.24, 2.45) is 7.05 Å². The van der Waals surface area contributed by atoms with E-state index in [-0.39, 0.29) is 0 Å². The highest BCUT2D eigenvalue weighted by molar-refractivity contribution is 5.85. The van der Waals surface area contributed by atoms with Crippen molar-refractivity contribution in [1.82, 2.24) is 25.1 Å². The smallest absolute Gasteiger partial charge is 0.163 e. The zero-order valence-electron chi connectivity index (χ0n) is 10.4. The lowest BCUT2D eigenvalue weighted by Crippen LogP contribution is -2.28. The number of nitrogens with one attached hydrogen (secondary N) is 2. The predicted octanol–water partition coefficient (Wildman–Crippen LogP) is 0.773. The third-order valence-corrected chi connectivity index (χ3v) is 2.50. The van der Waals surface area contributed by atoms with E-state index in [1.807, 2.05) is 7.05 Å². The highest BCUT2D eigenvalue weighted by Gasteiger charge is 2.06. The molecule has 0 amide bonds. The average molecular weight is 234 g/mol. The number of anilines is 1. The fourth-order valence-corrected chi connectivity index (χ4v) is 1.64. The van der Waals surface area contributed by atoms with Crippen LogP contribution in [-0.4, -0.2) is 38.9 Å². The molecule has 0 atom stereocenters. The molecule has 0 aromatic carbocycles. The van der Waals surface area contributed by atoms with Crippen LogP contribution in [0.4, 0.5) is 5.82 Å². The Morgan fingerprint density at radius 3 is 2.88 bits per heavy atom. The molecule has 17 heavy (non-hydrogen) atoms. The van der Waals surface area contributed by atoms with Gasteiger partial charge in [-0.3, -0.25) is 4.68 Å². The maximum atomic E-state index is 4.23.